The van der Waals surface area contributed by atoms with E-state index >= 15 is 0 Å². The van der Waals surface area contributed by atoms with Crippen molar-refractivity contribution in [2.75, 3.05) is 0 Å². The standard InChI is InChI=1S/C9H8N4O2S/c10-8(13-14)6-1-2-11-5-7(6)16-9-12-3-4-15-9/h1-5,14H,(H2,10,13). The first kappa shape index (κ1) is 10.5. The maximum atomic E-state index is 8.63. The van der Waals surface area contributed by atoms with Gasteiger partial charge in [0.05, 0.1) is 6.20 Å². The Morgan fingerprint density at radius 3 is 3.06 bits per heavy atom. The Kier molecular flexibility index (Phi) is 3.06. The minimum Gasteiger partial charge on any atom is -0.440 e. The summed E-state index contributed by atoms with van der Waals surface area (Å²) in [5.74, 6) is 0.0245. The average Bonchev–Trinajstić information content (AvgIpc) is 2.82. The minimum atomic E-state index is 0.0245. The molecule has 0 aliphatic heterocycles. The van der Waals surface area contributed by atoms with Gasteiger partial charge in [-0.1, -0.05) is 5.16 Å². The molecule has 0 spiro atoms. The van der Waals surface area contributed by atoms with E-state index in [1.807, 2.05) is 0 Å². The van der Waals surface area contributed by atoms with E-state index in [1.165, 1.54) is 18.0 Å². The number of nitrogens with zero attached hydrogens (tertiary/aromatic N) is 3. The number of oxime groups is 1. The summed E-state index contributed by atoms with van der Waals surface area (Å²) in [6.45, 7) is 0. The minimum absolute atomic E-state index is 0.0245. The van der Waals surface area contributed by atoms with Crippen molar-refractivity contribution in [3.8, 4) is 0 Å². The van der Waals surface area contributed by atoms with E-state index in [9.17, 15) is 0 Å². The van der Waals surface area contributed by atoms with Crippen molar-refractivity contribution >= 4 is 17.6 Å². The van der Waals surface area contributed by atoms with Gasteiger partial charge in [0.25, 0.3) is 5.22 Å². The van der Waals surface area contributed by atoms with Crippen LogP contribution < -0.4 is 5.73 Å². The molecule has 0 aliphatic carbocycles. The van der Waals surface area contributed by atoms with Crippen molar-refractivity contribution < 1.29 is 9.62 Å². The topological polar surface area (TPSA) is 97.5 Å². The van der Waals surface area contributed by atoms with Crippen LogP contribution in [-0.4, -0.2) is 21.0 Å². The zero-order valence-corrected chi connectivity index (χ0v) is 8.89. The summed E-state index contributed by atoms with van der Waals surface area (Å²) in [4.78, 5) is 8.63. The van der Waals surface area contributed by atoms with Crippen molar-refractivity contribution in [3.05, 3.63) is 36.5 Å². The molecule has 0 amide bonds. The first-order valence-corrected chi connectivity index (χ1v) is 5.12. The van der Waals surface area contributed by atoms with Crippen LogP contribution in [-0.2, 0) is 0 Å². The normalized spacial score (nSPS) is 11.6. The van der Waals surface area contributed by atoms with Crippen LogP contribution in [0.15, 0.2) is 50.6 Å². The molecule has 0 atom stereocenters. The summed E-state index contributed by atoms with van der Waals surface area (Å²) in [5.41, 5.74) is 6.12. The van der Waals surface area contributed by atoms with Crippen molar-refractivity contribution in [2.24, 2.45) is 10.9 Å². The van der Waals surface area contributed by atoms with Crippen LogP contribution in [0.4, 0.5) is 0 Å². The van der Waals surface area contributed by atoms with Crippen molar-refractivity contribution in [3.63, 3.8) is 0 Å². The van der Waals surface area contributed by atoms with E-state index in [2.05, 4.69) is 15.1 Å². The third kappa shape index (κ3) is 2.14. The molecule has 0 aliphatic rings. The molecule has 2 rings (SSSR count). The van der Waals surface area contributed by atoms with Gasteiger partial charge >= 0.3 is 0 Å². The molecule has 82 valence electrons. The quantitative estimate of drug-likeness (QED) is 0.361. The third-order valence-corrected chi connectivity index (χ3v) is 2.70. The predicted octanol–water partition coefficient (Wildman–Crippen LogP) is 1.32. The fraction of sp³-hybridized carbons (Fsp3) is 0. The number of rotatable bonds is 3. The van der Waals surface area contributed by atoms with Gasteiger partial charge in [-0.15, -0.1) is 0 Å². The predicted molar refractivity (Wildman–Crippen MR) is 57.4 cm³/mol. The molecule has 0 aromatic carbocycles. The molecule has 0 saturated carbocycles. The molecule has 2 aromatic rings. The summed E-state index contributed by atoms with van der Waals surface area (Å²) in [7, 11) is 0. The Morgan fingerprint density at radius 1 is 1.50 bits per heavy atom. The highest BCUT2D eigenvalue weighted by Gasteiger charge is 2.10. The van der Waals surface area contributed by atoms with Crippen LogP contribution in [0.25, 0.3) is 0 Å². The van der Waals surface area contributed by atoms with Gasteiger partial charge in [-0.2, -0.15) is 0 Å². The van der Waals surface area contributed by atoms with Crippen LogP contribution in [0.1, 0.15) is 5.56 Å². The van der Waals surface area contributed by atoms with Gasteiger partial charge in [-0.25, -0.2) is 4.98 Å². The van der Waals surface area contributed by atoms with Gasteiger partial charge in [-0.05, 0) is 17.8 Å². The summed E-state index contributed by atoms with van der Waals surface area (Å²) in [6.07, 6.45) is 6.18. The Labute approximate surface area is 95.2 Å². The largest absolute Gasteiger partial charge is 0.440 e. The zero-order valence-electron chi connectivity index (χ0n) is 8.07. The smallest absolute Gasteiger partial charge is 0.260 e. The van der Waals surface area contributed by atoms with Crippen LogP contribution in [0, 0.1) is 0 Å². The Morgan fingerprint density at radius 2 is 2.38 bits per heavy atom. The molecule has 7 heteroatoms. The SMILES string of the molecule is N/C(=N/O)c1ccncc1Sc1ncco1. The molecule has 16 heavy (non-hydrogen) atoms. The van der Waals surface area contributed by atoms with Crippen molar-refractivity contribution in [1.82, 2.24) is 9.97 Å². The van der Waals surface area contributed by atoms with E-state index in [1.54, 1.807) is 24.7 Å². The second-order valence-electron chi connectivity index (χ2n) is 2.76. The molecule has 2 aromatic heterocycles. The summed E-state index contributed by atoms with van der Waals surface area (Å²) in [6, 6.07) is 1.65. The number of oxazole rings is 1. The lowest BCUT2D eigenvalue weighted by Gasteiger charge is -2.03. The first-order chi connectivity index (χ1) is 7.81. The van der Waals surface area contributed by atoms with Gasteiger partial charge < -0.3 is 15.4 Å². The van der Waals surface area contributed by atoms with E-state index in [4.69, 9.17) is 15.4 Å². The van der Waals surface area contributed by atoms with E-state index in [0.717, 1.165) is 0 Å². The number of pyridine rings is 1. The summed E-state index contributed by atoms with van der Waals surface area (Å²) >= 11 is 1.25. The van der Waals surface area contributed by atoms with Crippen molar-refractivity contribution in [2.45, 2.75) is 10.1 Å². The van der Waals surface area contributed by atoms with Gasteiger partial charge in [0.2, 0.25) is 0 Å². The molecular weight excluding hydrogens is 228 g/mol. The van der Waals surface area contributed by atoms with Gasteiger partial charge in [0.15, 0.2) is 5.84 Å². The van der Waals surface area contributed by atoms with E-state index < -0.39 is 0 Å². The van der Waals surface area contributed by atoms with E-state index in [0.29, 0.717) is 15.7 Å². The molecular formula is C9H8N4O2S. The number of aromatic nitrogens is 2. The Hall–Kier alpha value is -2.02. The molecule has 0 saturated heterocycles. The lowest BCUT2D eigenvalue weighted by Crippen LogP contribution is -2.14. The average molecular weight is 236 g/mol. The number of nitrogens with two attached hydrogens (primary N) is 1. The second kappa shape index (κ2) is 4.67. The van der Waals surface area contributed by atoms with E-state index in [-0.39, 0.29) is 5.84 Å². The number of amidine groups is 1. The zero-order chi connectivity index (χ0) is 11.4. The van der Waals surface area contributed by atoms with Gasteiger partial charge in [-0.3, -0.25) is 4.98 Å². The lowest BCUT2D eigenvalue weighted by atomic mass is 10.2. The highest BCUT2D eigenvalue weighted by atomic mass is 32.2. The molecule has 0 fully saturated rings. The Bertz CT molecular complexity index is 498. The third-order valence-electron chi connectivity index (χ3n) is 1.78. The molecule has 0 unspecified atom stereocenters. The highest BCUT2D eigenvalue weighted by molar-refractivity contribution is 7.99. The summed E-state index contributed by atoms with van der Waals surface area (Å²) < 4.78 is 5.09. The van der Waals surface area contributed by atoms with Gasteiger partial charge in [0, 0.05) is 22.9 Å². The number of hydrogen-bond acceptors (Lipinski definition) is 6. The fourth-order valence-electron chi connectivity index (χ4n) is 1.08. The molecule has 0 radical (unpaired) electrons. The monoisotopic (exact) mass is 236 g/mol. The number of hydrogen-bond donors (Lipinski definition) is 2. The van der Waals surface area contributed by atoms with Crippen LogP contribution in [0.2, 0.25) is 0 Å². The summed E-state index contributed by atoms with van der Waals surface area (Å²) in [5, 5.41) is 12.1. The van der Waals surface area contributed by atoms with Crippen LogP contribution in [0.3, 0.4) is 0 Å². The molecule has 6 nitrogen and oxygen atoms in total. The molecule has 3 N–H and O–H groups in total. The first-order valence-electron chi connectivity index (χ1n) is 4.30. The van der Waals surface area contributed by atoms with Gasteiger partial charge in [0.1, 0.15) is 6.26 Å². The maximum Gasteiger partial charge on any atom is 0.260 e. The van der Waals surface area contributed by atoms with Crippen LogP contribution >= 0.6 is 11.8 Å². The van der Waals surface area contributed by atoms with Crippen molar-refractivity contribution in [1.29, 1.82) is 0 Å². The second-order valence-corrected chi connectivity index (χ2v) is 3.75. The lowest BCUT2D eigenvalue weighted by molar-refractivity contribution is 0.318. The highest BCUT2D eigenvalue weighted by Crippen LogP contribution is 2.28. The Balaban J connectivity index is 2.34. The fourth-order valence-corrected chi connectivity index (χ4v) is 1.88. The van der Waals surface area contributed by atoms with Crippen LogP contribution in [0.5, 0.6) is 0 Å². The molecule has 0 bridgehead atoms. The molecule has 2 heterocycles. The maximum absolute atomic E-state index is 8.63.